The summed E-state index contributed by atoms with van der Waals surface area (Å²) in [6.07, 6.45) is 0.894. The first kappa shape index (κ1) is 15.1. The molecule has 6 heteroatoms. The molecule has 0 spiro atoms. The minimum Gasteiger partial charge on any atom is -0.544 e. The van der Waals surface area contributed by atoms with Gasteiger partial charge in [0.15, 0.2) is 6.61 Å². The molecule has 20 heavy (non-hydrogen) atoms. The number of nitrogens with one attached hydrogen (secondary N) is 1. The molecule has 0 radical (unpaired) electrons. The van der Waals surface area contributed by atoms with Gasteiger partial charge < -0.3 is 20.0 Å². The third-order valence-electron chi connectivity index (χ3n) is 3.39. The zero-order valence-corrected chi connectivity index (χ0v) is 13.1. The molecule has 1 aliphatic heterocycles. The smallest absolute Gasteiger partial charge is 0.544 e. The Morgan fingerprint density at radius 3 is 2.65 bits per heavy atom. The van der Waals surface area contributed by atoms with E-state index in [2.05, 4.69) is 5.32 Å². The molecule has 1 N–H and O–H groups in total. The molecule has 1 heterocycles. The Morgan fingerprint density at radius 1 is 1.30 bits per heavy atom. The first-order chi connectivity index (χ1) is 9.16. The number of rotatable bonds is 4. The summed E-state index contributed by atoms with van der Waals surface area (Å²) < 4.78 is 5.07. The number of ether oxygens (including phenoxy) is 1. The van der Waals surface area contributed by atoms with Crippen molar-refractivity contribution in [2.75, 3.05) is 6.61 Å². The van der Waals surface area contributed by atoms with E-state index in [1.165, 1.54) is 5.56 Å². The first-order valence-corrected chi connectivity index (χ1v) is 6.10. The zero-order chi connectivity index (χ0) is 13.4. The number of carboxylic acids is 1. The molecule has 1 saturated carbocycles. The number of Topliss-reactive ketones (excluding diaryl/α,β-unsaturated/α-hetero) is 1. The molecule has 3 rings (SSSR count). The monoisotopic (exact) mass is 281 g/mol. The van der Waals surface area contributed by atoms with Crippen LogP contribution in [0.15, 0.2) is 41.8 Å². The number of carboxylic acid groups (broad SMARTS) is 1. The molecule has 98 valence electrons. The van der Waals surface area contributed by atoms with Crippen LogP contribution < -0.4 is 40.0 Å². The van der Waals surface area contributed by atoms with Crippen molar-refractivity contribution in [3.63, 3.8) is 0 Å². The van der Waals surface area contributed by atoms with E-state index < -0.39 is 11.8 Å². The Morgan fingerprint density at radius 2 is 2.00 bits per heavy atom. The van der Waals surface area contributed by atoms with Gasteiger partial charge >= 0.3 is 29.6 Å². The van der Waals surface area contributed by atoms with Gasteiger partial charge in [0.1, 0.15) is 5.57 Å². The van der Waals surface area contributed by atoms with Crippen LogP contribution >= 0.6 is 0 Å². The average molecular weight is 281 g/mol. The van der Waals surface area contributed by atoms with Gasteiger partial charge in [-0.05, 0) is 12.0 Å². The molecule has 2 unspecified atom stereocenters. The van der Waals surface area contributed by atoms with E-state index in [1.807, 2.05) is 30.3 Å². The van der Waals surface area contributed by atoms with Gasteiger partial charge in [0.05, 0.1) is 5.97 Å². The Balaban J connectivity index is 0.00000147. The fourth-order valence-electron chi connectivity index (χ4n) is 2.32. The second-order valence-electron chi connectivity index (χ2n) is 4.71. The first-order valence-electron chi connectivity index (χ1n) is 6.10. The molecule has 0 aromatic heterocycles. The van der Waals surface area contributed by atoms with E-state index in [4.69, 9.17) is 4.74 Å². The van der Waals surface area contributed by atoms with Crippen molar-refractivity contribution in [3.05, 3.63) is 47.4 Å². The second kappa shape index (κ2) is 5.99. The minimum atomic E-state index is -1.48. The Hall–Kier alpha value is -1.30. The number of carbonyl (C=O) groups excluding carboxylic acids is 2. The molecule has 0 amide bonds. The quantitative estimate of drug-likeness (QED) is 0.462. The number of aliphatic carboxylic acids is 1. The van der Waals surface area contributed by atoms with E-state index in [0.717, 1.165) is 6.42 Å². The van der Waals surface area contributed by atoms with Gasteiger partial charge in [0.2, 0.25) is 11.7 Å². The van der Waals surface area contributed by atoms with Gasteiger partial charge in [-0.15, -0.1) is 0 Å². The van der Waals surface area contributed by atoms with Gasteiger partial charge in [-0.2, -0.15) is 0 Å². The molecule has 1 aliphatic carbocycles. The molecular formula is C14H12NNaO4. The SMILES string of the molecule is O=C([O-])C1=C(NC2CC2c2ccccc2)OCC1=O.[Na+]. The Labute approximate surface area is 138 Å². The summed E-state index contributed by atoms with van der Waals surface area (Å²) in [7, 11) is 0. The van der Waals surface area contributed by atoms with E-state index in [0.29, 0.717) is 5.92 Å². The average Bonchev–Trinajstić information content (AvgIpc) is 3.06. The summed E-state index contributed by atoms with van der Waals surface area (Å²) >= 11 is 0. The van der Waals surface area contributed by atoms with Crippen LogP contribution in [0.5, 0.6) is 0 Å². The van der Waals surface area contributed by atoms with Crippen molar-refractivity contribution >= 4 is 11.8 Å². The summed E-state index contributed by atoms with van der Waals surface area (Å²) in [6.45, 7) is -0.228. The normalized spacial score (nSPS) is 23.9. The number of ketones is 1. The molecule has 5 nitrogen and oxygen atoms in total. The van der Waals surface area contributed by atoms with Crippen LogP contribution in [0, 0.1) is 0 Å². The standard InChI is InChI=1S/C14H13NO4.Na/c16-11-7-19-13(12(11)14(17)18)15-10-6-9(10)8-4-2-1-3-5-8;/h1-5,9-10,15H,6-7H2,(H,17,18);/q;+1/p-1. The largest absolute Gasteiger partial charge is 1.00 e. The van der Waals surface area contributed by atoms with Gasteiger partial charge in [0.25, 0.3) is 0 Å². The summed E-state index contributed by atoms with van der Waals surface area (Å²) in [5.41, 5.74) is 0.818. The van der Waals surface area contributed by atoms with Crippen LogP contribution in [-0.2, 0) is 14.3 Å². The van der Waals surface area contributed by atoms with Crippen molar-refractivity contribution in [1.82, 2.24) is 5.32 Å². The number of hydrogen-bond acceptors (Lipinski definition) is 5. The fraction of sp³-hybridized carbons (Fsp3) is 0.286. The topological polar surface area (TPSA) is 78.5 Å². The van der Waals surface area contributed by atoms with E-state index in [-0.39, 0.29) is 53.7 Å². The van der Waals surface area contributed by atoms with Crippen molar-refractivity contribution in [3.8, 4) is 0 Å². The summed E-state index contributed by atoms with van der Waals surface area (Å²) in [4.78, 5) is 22.2. The molecule has 1 aromatic carbocycles. The van der Waals surface area contributed by atoms with Gasteiger partial charge in [-0.25, -0.2) is 0 Å². The summed E-state index contributed by atoms with van der Waals surface area (Å²) in [6, 6.07) is 10.0. The maximum absolute atomic E-state index is 11.3. The van der Waals surface area contributed by atoms with Crippen LogP contribution in [0.4, 0.5) is 0 Å². The molecule has 0 bridgehead atoms. The summed E-state index contributed by atoms with van der Waals surface area (Å²) in [5.74, 6) is -1.65. The second-order valence-corrected chi connectivity index (χ2v) is 4.71. The zero-order valence-electron chi connectivity index (χ0n) is 11.1. The number of benzene rings is 1. The van der Waals surface area contributed by atoms with Crippen molar-refractivity contribution < 1.29 is 49.0 Å². The van der Waals surface area contributed by atoms with Crippen LogP contribution in [-0.4, -0.2) is 24.4 Å². The van der Waals surface area contributed by atoms with Gasteiger partial charge in [-0.3, -0.25) is 4.79 Å². The molecule has 1 fully saturated rings. The van der Waals surface area contributed by atoms with Crippen LogP contribution in [0.2, 0.25) is 0 Å². The predicted molar refractivity (Wildman–Crippen MR) is 63.7 cm³/mol. The van der Waals surface area contributed by atoms with Crippen molar-refractivity contribution in [1.29, 1.82) is 0 Å². The minimum absolute atomic E-state index is 0. The molecule has 1 aromatic rings. The fourth-order valence-corrected chi connectivity index (χ4v) is 2.32. The predicted octanol–water partition coefficient (Wildman–Crippen LogP) is -3.30. The van der Waals surface area contributed by atoms with E-state index >= 15 is 0 Å². The number of hydrogen-bond donors (Lipinski definition) is 1. The maximum Gasteiger partial charge on any atom is 1.00 e. The van der Waals surface area contributed by atoms with Crippen molar-refractivity contribution in [2.45, 2.75) is 18.4 Å². The van der Waals surface area contributed by atoms with Crippen LogP contribution in [0.25, 0.3) is 0 Å². The molecular weight excluding hydrogens is 269 g/mol. The Bertz CT molecular complexity index is 570. The third-order valence-corrected chi connectivity index (χ3v) is 3.39. The number of carbonyl (C=O) groups is 2. The summed E-state index contributed by atoms with van der Waals surface area (Å²) in [5, 5.41) is 13.8. The molecule has 2 aliphatic rings. The Kier molecular flexibility index (Phi) is 4.52. The van der Waals surface area contributed by atoms with Crippen LogP contribution in [0.1, 0.15) is 17.9 Å². The van der Waals surface area contributed by atoms with Gasteiger partial charge in [0, 0.05) is 12.0 Å². The third kappa shape index (κ3) is 2.90. The maximum atomic E-state index is 11.3. The molecule has 2 atom stereocenters. The van der Waals surface area contributed by atoms with Crippen molar-refractivity contribution in [2.24, 2.45) is 0 Å². The van der Waals surface area contributed by atoms with Crippen LogP contribution in [0.3, 0.4) is 0 Å². The van der Waals surface area contributed by atoms with E-state index in [9.17, 15) is 14.7 Å². The van der Waals surface area contributed by atoms with Gasteiger partial charge in [-0.1, -0.05) is 30.3 Å². The van der Waals surface area contributed by atoms with E-state index in [1.54, 1.807) is 0 Å². The molecule has 0 saturated heterocycles.